The molecule has 114 valence electrons. The highest BCUT2D eigenvalue weighted by atomic mass is 16.3. The maximum atomic E-state index is 5.59. The van der Waals surface area contributed by atoms with E-state index in [0.717, 1.165) is 48.2 Å². The first kappa shape index (κ1) is 15.5. The van der Waals surface area contributed by atoms with Gasteiger partial charge >= 0.3 is 0 Å². The maximum absolute atomic E-state index is 5.59. The molecule has 0 aliphatic heterocycles. The van der Waals surface area contributed by atoms with Crippen LogP contribution in [0.1, 0.15) is 36.1 Å². The summed E-state index contributed by atoms with van der Waals surface area (Å²) >= 11 is 0. The molecule has 0 atom stereocenters. The molecule has 0 aliphatic rings. The van der Waals surface area contributed by atoms with Crippen molar-refractivity contribution in [3.8, 4) is 0 Å². The first-order valence-corrected chi connectivity index (χ1v) is 7.39. The zero-order valence-corrected chi connectivity index (χ0v) is 13.3. The van der Waals surface area contributed by atoms with Crippen molar-refractivity contribution < 1.29 is 4.42 Å². The van der Waals surface area contributed by atoms with Gasteiger partial charge in [0.2, 0.25) is 5.95 Å². The second-order valence-corrected chi connectivity index (χ2v) is 5.33. The molecule has 21 heavy (non-hydrogen) atoms. The summed E-state index contributed by atoms with van der Waals surface area (Å²) in [6, 6.07) is 3.96. The van der Waals surface area contributed by atoms with Gasteiger partial charge in [0, 0.05) is 31.0 Å². The molecule has 0 amide bonds. The van der Waals surface area contributed by atoms with E-state index < -0.39 is 0 Å². The van der Waals surface area contributed by atoms with Crippen molar-refractivity contribution in [1.82, 2.24) is 15.3 Å². The monoisotopic (exact) mass is 288 g/mol. The van der Waals surface area contributed by atoms with Gasteiger partial charge in [0.1, 0.15) is 11.5 Å². The highest BCUT2D eigenvalue weighted by molar-refractivity contribution is 5.32. The molecular weight excluding hydrogens is 264 g/mol. The lowest BCUT2D eigenvalue weighted by atomic mass is 10.2. The lowest BCUT2D eigenvalue weighted by molar-refractivity contribution is 0.480. The fourth-order valence-corrected chi connectivity index (χ4v) is 2.11. The normalized spacial score (nSPS) is 10.9. The fourth-order valence-electron chi connectivity index (χ4n) is 2.11. The zero-order chi connectivity index (χ0) is 15.2. The van der Waals surface area contributed by atoms with Crippen LogP contribution < -0.4 is 10.2 Å². The van der Waals surface area contributed by atoms with Crippen molar-refractivity contribution in [2.24, 2.45) is 0 Å². The molecule has 0 unspecified atom stereocenters. The summed E-state index contributed by atoms with van der Waals surface area (Å²) in [4.78, 5) is 11.0. The number of furan rings is 1. The van der Waals surface area contributed by atoms with E-state index in [1.165, 1.54) is 0 Å². The third-order valence-electron chi connectivity index (χ3n) is 3.34. The van der Waals surface area contributed by atoms with Gasteiger partial charge in [-0.05, 0) is 38.9 Å². The molecule has 0 spiro atoms. The van der Waals surface area contributed by atoms with E-state index in [1.54, 1.807) is 0 Å². The first-order chi connectivity index (χ1) is 10.1. The predicted octanol–water partition coefficient (Wildman–Crippen LogP) is 2.82. The van der Waals surface area contributed by atoms with Gasteiger partial charge in [-0.2, -0.15) is 0 Å². The van der Waals surface area contributed by atoms with E-state index in [-0.39, 0.29) is 0 Å². The average molecular weight is 288 g/mol. The molecule has 0 saturated heterocycles. The molecule has 1 N–H and O–H groups in total. The summed E-state index contributed by atoms with van der Waals surface area (Å²) in [6.07, 6.45) is 3.04. The minimum absolute atomic E-state index is 0.667. The number of anilines is 1. The Bertz CT molecular complexity index is 579. The van der Waals surface area contributed by atoms with E-state index in [9.17, 15) is 0 Å². The Hall–Kier alpha value is -1.88. The van der Waals surface area contributed by atoms with Gasteiger partial charge in [0.05, 0.1) is 6.54 Å². The van der Waals surface area contributed by atoms with Crippen LogP contribution in [0, 0.1) is 13.8 Å². The number of nitrogens with zero attached hydrogens (tertiary/aromatic N) is 3. The molecule has 5 nitrogen and oxygen atoms in total. The summed E-state index contributed by atoms with van der Waals surface area (Å²) in [7, 11) is 1.97. The summed E-state index contributed by atoms with van der Waals surface area (Å²) in [5.41, 5.74) is 2.17. The van der Waals surface area contributed by atoms with Crippen molar-refractivity contribution in [3.05, 3.63) is 41.1 Å². The molecule has 0 aliphatic carbocycles. The van der Waals surface area contributed by atoms with Crippen LogP contribution in [0.5, 0.6) is 0 Å². The maximum Gasteiger partial charge on any atom is 0.225 e. The van der Waals surface area contributed by atoms with E-state index in [2.05, 4.69) is 22.2 Å². The summed E-state index contributed by atoms with van der Waals surface area (Å²) in [5, 5.41) is 3.37. The Labute approximate surface area is 126 Å². The largest absolute Gasteiger partial charge is 0.464 e. The highest BCUT2D eigenvalue weighted by Crippen LogP contribution is 2.14. The number of hydrogen-bond acceptors (Lipinski definition) is 5. The van der Waals surface area contributed by atoms with Crippen LogP contribution in [0.3, 0.4) is 0 Å². The van der Waals surface area contributed by atoms with Crippen molar-refractivity contribution in [3.63, 3.8) is 0 Å². The molecule has 0 bridgehead atoms. The van der Waals surface area contributed by atoms with E-state index in [0.29, 0.717) is 6.54 Å². The number of hydrogen-bond donors (Lipinski definition) is 1. The van der Waals surface area contributed by atoms with E-state index in [1.807, 2.05) is 44.1 Å². The topological polar surface area (TPSA) is 54.2 Å². The van der Waals surface area contributed by atoms with Crippen molar-refractivity contribution in [2.45, 2.75) is 40.3 Å². The molecule has 0 radical (unpaired) electrons. The molecule has 0 fully saturated rings. The van der Waals surface area contributed by atoms with Crippen molar-refractivity contribution in [2.75, 3.05) is 18.5 Å². The summed E-state index contributed by atoms with van der Waals surface area (Å²) in [5.74, 6) is 2.57. The third-order valence-corrected chi connectivity index (χ3v) is 3.34. The lowest BCUT2D eigenvalue weighted by Crippen LogP contribution is -2.20. The highest BCUT2D eigenvalue weighted by Gasteiger charge is 2.10. The SMILES string of the molecule is CCCNCc1cnc(N(C)Cc2ccc(C)o2)nc1C. The van der Waals surface area contributed by atoms with E-state index >= 15 is 0 Å². The van der Waals surface area contributed by atoms with Crippen LogP contribution in [0.4, 0.5) is 5.95 Å². The number of aromatic nitrogens is 2. The molecule has 2 heterocycles. The van der Waals surface area contributed by atoms with E-state index in [4.69, 9.17) is 4.42 Å². The Kier molecular flexibility index (Phi) is 5.33. The molecule has 0 aromatic carbocycles. The number of aryl methyl sites for hydroxylation is 2. The Morgan fingerprint density at radius 1 is 1.29 bits per heavy atom. The molecule has 0 saturated carbocycles. The first-order valence-electron chi connectivity index (χ1n) is 7.39. The standard InChI is InChI=1S/C16H24N4O/c1-5-8-17-9-14-10-18-16(19-13(14)3)20(4)11-15-7-6-12(2)21-15/h6-7,10,17H,5,8-9,11H2,1-4H3. The Morgan fingerprint density at radius 3 is 2.71 bits per heavy atom. The van der Waals surface area contributed by atoms with Gasteiger partial charge in [0.25, 0.3) is 0 Å². The average Bonchev–Trinajstić information content (AvgIpc) is 2.86. The minimum atomic E-state index is 0.667. The van der Waals surface area contributed by atoms with Crippen LogP contribution >= 0.6 is 0 Å². The van der Waals surface area contributed by atoms with Gasteiger partial charge in [-0.25, -0.2) is 9.97 Å². The molecule has 2 aromatic rings. The summed E-state index contributed by atoms with van der Waals surface area (Å²) < 4.78 is 5.59. The second-order valence-electron chi connectivity index (χ2n) is 5.33. The lowest BCUT2D eigenvalue weighted by Gasteiger charge is -2.17. The zero-order valence-electron chi connectivity index (χ0n) is 13.3. The van der Waals surface area contributed by atoms with Gasteiger partial charge in [-0.3, -0.25) is 0 Å². The third kappa shape index (κ3) is 4.29. The minimum Gasteiger partial charge on any atom is -0.464 e. The van der Waals surface area contributed by atoms with Crippen molar-refractivity contribution >= 4 is 5.95 Å². The van der Waals surface area contributed by atoms with Gasteiger partial charge in [-0.15, -0.1) is 0 Å². The second kappa shape index (κ2) is 7.22. The number of rotatable bonds is 7. The Balaban J connectivity index is 2.01. The molecule has 5 heteroatoms. The molecule has 2 rings (SSSR count). The predicted molar refractivity (Wildman–Crippen MR) is 84.3 cm³/mol. The van der Waals surface area contributed by atoms with Crippen LogP contribution in [0.15, 0.2) is 22.7 Å². The summed E-state index contributed by atoms with van der Waals surface area (Å²) in [6.45, 7) is 8.63. The van der Waals surface area contributed by atoms with Crippen molar-refractivity contribution in [1.29, 1.82) is 0 Å². The molecule has 2 aromatic heterocycles. The van der Waals surface area contributed by atoms with Crippen LogP contribution in [0.2, 0.25) is 0 Å². The fraction of sp³-hybridized carbons (Fsp3) is 0.500. The van der Waals surface area contributed by atoms with Gasteiger partial charge in [-0.1, -0.05) is 6.92 Å². The van der Waals surface area contributed by atoms with Gasteiger partial charge < -0.3 is 14.6 Å². The van der Waals surface area contributed by atoms with Crippen LogP contribution in [0.25, 0.3) is 0 Å². The number of nitrogens with one attached hydrogen (secondary N) is 1. The molecular formula is C16H24N4O. The van der Waals surface area contributed by atoms with Crippen LogP contribution in [-0.4, -0.2) is 23.6 Å². The Morgan fingerprint density at radius 2 is 2.10 bits per heavy atom. The van der Waals surface area contributed by atoms with Gasteiger partial charge in [0.15, 0.2) is 0 Å². The quantitative estimate of drug-likeness (QED) is 0.794. The smallest absolute Gasteiger partial charge is 0.225 e. The van der Waals surface area contributed by atoms with Crippen LogP contribution in [-0.2, 0) is 13.1 Å².